The Hall–Kier alpha value is -1.26. The van der Waals surface area contributed by atoms with E-state index in [0.717, 1.165) is 30.0 Å². The number of para-hydroxylation sites is 2. The lowest BCUT2D eigenvalue weighted by atomic mass is 9.95. The average molecular weight is 296 g/mol. The van der Waals surface area contributed by atoms with E-state index in [1.165, 1.54) is 32.4 Å². The number of halogens is 1. The van der Waals surface area contributed by atoms with Crippen molar-refractivity contribution >= 4 is 23.4 Å². The van der Waals surface area contributed by atoms with Crippen molar-refractivity contribution in [2.75, 3.05) is 19.7 Å². The number of hydrogen-bond donors (Lipinski definition) is 2. The van der Waals surface area contributed by atoms with Crippen molar-refractivity contribution in [2.24, 2.45) is 5.92 Å². The van der Waals surface area contributed by atoms with Gasteiger partial charge in [0.15, 0.2) is 0 Å². The molecule has 3 rings (SSSR count). The fraction of sp³-hybridized carbons (Fsp3) is 0.533. The fourth-order valence-corrected chi connectivity index (χ4v) is 2.71. The molecule has 1 saturated heterocycles. The van der Waals surface area contributed by atoms with Gasteiger partial charge in [-0.15, -0.1) is 12.4 Å². The van der Waals surface area contributed by atoms with Crippen LogP contribution in [0.5, 0.6) is 6.01 Å². The second kappa shape index (κ2) is 7.50. The minimum Gasteiger partial charge on any atom is -0.465 e. The van der Waals surface area contributed by atoms with Crippen LogP contribution >= 0.6 is 12.4 Å². The van der Waals surface area contributed by atoms with E-state index in [-0.39, 0.29) is 12.4 Å². The molecule has 20 heavy (non-hydrogen) atoms. The van der Waals surface area contributed by atoms with E-state index in [9.17, 15) is 0 Å². The lowest BCUT2D eigenvalue weighted by Gasteiger charge is -2.22. The number of rotatable bonds is 5. The summed E-state index contributed by atoms with van der Waals surface area (Å²) in [4.78, 5) is 7.60. The Balaban J connectivity index is 0.00000147. The summed E-state index contributed by atoms with van der Waals surface area (Å²) in [5.74, 6) is 0.827. The van der Waals surface area contributed by atoms with Crippen LogP contribution in [-0.4, -0.2) is 29.7 Å². The largest absolute Gasteiger partial charge is 0.465 e. The molecule has 1 aliphatic rings. The van der Waals surface area contributed by atoms with Gasteiger partial charge in [0.25, 0.3) is 6.01 Å². The number of nitrogens with one attached hydrogen (secondary N) is 2. The van der Waals surface area contributed by atoms with Gasteiger partial charge in [-0.05, 0) is 56.8 Å². The molecule has 2 heterocycles. The predicted octanol–water partition coefficient (Wildman–Crippen LogP) is 3.14. The zero-order chi connectivity index (χ0) is 12.9. The number of hydrogen-bond acceptors (Lipinski definition) is 3. The van der Waals surface area contributed by atoms with E-state index in [2.05, 4.69) is 15.3 Å². The number of benzene rings is 1. The number of ether oxygens (including phenoxy) is 1. The van der Waals surface area contributed by atoms with Gasteiger partial charge in [0.1, 0.15) is 0 Å². The molecule has 0 bridgehead atoms. The first kappa shape index (κ1) is 15.1. The lowest BCUT2D eigenvalue weighted by Crippen LogP contribution is -2.29. The average Bonchev–Trinajstić information content (AvgIpc) is 2.87. The summed E-state index contributed by atoms with van der Waals surface area (Å²) < 4.78 is 5.69. The Morgan fingerprint density at radius 1 is 1.30 bits per heavy atom. The Morgan fingerprint density at radius 2 is 2.20 bits per heavy atom. The minimum atomic E-state index is 0. The quantitative estimate of drug-likeness (QED) is 0.833. The fourth-order valence-electron chi connectivity index (χ4n) is 2.71. The molecule has 110 valence electrons. The summed E-state index contributed by atoms with van der Waals surface area (Å²) in [6.07, 6.45) is 5.02. The summed E-state index contributed by atoms with van der Waals surface area (Å²) in [6.45, 7) is 3.10. The smallest absolute Gasteiger partial charge is 0.294 e. The van der Waals surface area contributed by atoms with Gasteiger partial charge in [0.2, 0.25) is 0 Å². The number of aromatic amines is 1. The molecule has 0 aliphatic carbocycles. The number of nitrogens with zero attached hydrogens (tertiary/aromatic N) is 1. The second-order valence-corrected chi connectivity index (χ2v) is 5.26. The van der Waals surface area contributed by atoms with Crippen LogP contribution in [0, 0.1) is 5.92 Å². The van der Waals surface area contributed by atoms with Crippen LogP contribution in [0.3, 0.4) is 0 Å². The third kappa shape index (κ3) is 3.87. The molecular formula is C15H22ClN3O. The van der Waals surface area contributed by atoms with E-state index >= 15 is 0 Å². The minimum absolute atomic E-state index is 0. The Morgan fingerprint density at radius 3 is 3.00 bits per heavy atom. The van der Waals surface area contributed by atoms with Crippen molar-refractivity contribution in [3.63, 3.8) is 0 Å². The number of imidazole rings is 1. The van der Waals surface area contributed by atoms with Crippen molar-refractivity contribution in [1.29, 1.82) is 0 Å². The summed E-state index contributed by atoms with van der Waals surface area (Å²) in [5.41, 5.74) is 2.00. The molecule has 1 aliphatic heterocycles. The molecular weight excluding hydrogens is 274 g/mol. The van der Waals surface area contributed by atoms with E-state index in [4.69, 9.17) is 4.74 Å². The van der Waals surface area contributed by atoms with Gasteiger partial charge in [-0.25, -0.2) is 0 Å². The van der Waals surface area contributed by atoms with Crippen molar-refractivity contribution < 1.29 is 4.74 Å². The maximum atomic E-state index is 5.69. The molecule has 1 aromatic carbocycles. The molecule has 1 atom stereocenters. The number of piperidine rings is 1. The first-order chi connectivity index (χ1) is 9.42. The van der Waals surface area contributed by atoms with Gasteiger partial charge in [0, 0.05) is 0 Å². The Kier molecular flexibility index (Phi) is 5.68. The zero-order valence-electron chi connectivity index (χ0n) is 11.6. The molecule has 0 spiro atoms. The molecule has 4 nitrogen and oxygen atoms in total. The van der Waals surface area contributed by atoms with E-state index in [1.54, 1.807) is 0 Å². The molecule has 0 saturated carbocycles. The Labute approximate surface area is 125 Å². The third-order valence-corrected chi connectivity index (χ3v) is 3.76. The van der Waals surface area contributed by atoms with Crippen LogP contribution in [0.25, 0.3) is 11.0 Å². The highest BCUT2D eigenvalue weighted by Gasteiger charge is 2.12. The van der Waals surface area contributed by atoms with E-state index in [1.807, 2.05) is 24.3 Å². The molecule has 0 radical (unpaired) electrons. The zero-order valence-corrected chi connectivity index (χ0v) is 12.4. The van der Waals surface area contributed by atoms with Gasteiger partial charge < -0.3 is 15.0 Å². The maximum Gasteiger partial charge on any atom is 0.294 e. The summed E-state index contributed by atoms with van der Waals surface area (Å²) in [7, 11) is 0. The highest BCUT2D eigenvalue weighted by Crippen LogP contribution is 2.17. The molecule has 1 unspecified atom stereocenters. The van der Waals surface area contributed by atoms with Crippen molar-refractivity contribution in [1.82, 2.24) is 15.3 Å². The van der Waals surface area contributed by atoms with Crippen LogP contribution < -0.4 is 10.1 Å². The van der Waals surface area contributed by atoms with Crippen LogP contribution in [0.4, 0.5) is 0 Å². The van der Waals surface area contributed by atoms with Gasteiger partial charge in [-0.3, -0.25) is 0 Å². The normalized spacial score (nSPS) is 18.7. The molecule has 0 amide bonds. The SMILES string of the molecule is Cl.c1ccc2[nH]c(OCCCC3CCCNC3)nc2c1. The van der Waals surface area contributed by atoms with Crippen LogP contribution in [0.15, 0.2) is 24.3 Å². The van der Waals surface area contributed by atoms with Crippen LogP contribution in [0.1, 0.15) is 25.7 Å². The number of H-pyrrole nitrogens is 1. The monoisotopic (exact) mass is 295 g/mol. The number of aromatic nitrogens is 2. The third-order valence-electron chi connectivity index (χ3n) is 3.76. The second-order valence-electron chi connectivity index (χ2n) is 5.26. The van der Waals surface area contributed by atoms with Gasteiger partial charge in [-0.1, -0.05) is 12.1 Å². The first-order valence-corrected chi connectivity index (χ1v) is 7.20. The summed E-state index contributed by atoms with van der Waals surface area (Å²) in [6, 6.07) is 8.64. The first-order valence-electron chi connectivity index (χ1n) is 7.20. The van der Waals surface area contributed by atoms with E-state index < -0.39 is 0 Å². The van der Waals surface area contributed by atoms with Gasteiger partial charge >= 0.3 is 0 Å². The van der Waals surface area contributed by atoms with Crippen LogP contribution in [-0.2, 0) is 0 Å². The van der Waals surface area contributed by atoms with E-state index in [0.29, 0.717) is 6.01 Å². The molecule has 2 aromatic rings. The van der Waals surface area contributed by atoms with Crippen molar-refractivity contribution in [2.45, 2.75) is 25.7 Å². The highest BCUT2D eigenvalue weighted by atomic mass is 35.5. The van der Waals surface area contributed by atoms with Gasteiger partial charge in [-0.2, -0.15) is 4.98 Å². The molecule has 2 N–H and O–H groups in total. The lowest BCUT2D eigenvalue weighted by molar-refractivity contribution is 0.262. The van der Waals surface area contributed by atoms with Gasteiger partial charge in [0.05, 0.1) is 17.6 Å². The molecule has 5 heteroatoms. The summed E-state index contributed by atoms with van der Waals surface area (Å²) in [5, 5.41) is 3.45. The Bertz CT molecular complexity index is 490. The highest BCUT2D eigenvalue weighted by molar-refractivity contribution is 5.85. The van der Waals surface area contributed by atoms with Crippen LogP contribution in [0.2, 0.25) is 0 Å². The topological polar surface area (TPSA) is 49.9 Å². The molecule has 1 fully saturated rings. The predicted molar refractivity (Wildman–Crippen MR) is 83.7 cm³/mol. The molecule has 1 aromatic heterocycles. The number of fused-ring (bicyclic) bond motifs is 1. The van der Waals surface area contributed by atoms with Crippen molar-refractivity contribution in [3.05, 3.63) is 24.3 Å². The van der Waals surface area contributed by atoms with Crippen molar-refractivity contribution in [3.8, 4) is 6.01 Å². The maximum absolute atomic E-state index is 5.69. The summed E-state index contributed by atoms with van der Waals surface area (Å²) >= 11 is 0. The standard InChI is InChI=1S/C15H21N3O.ClH/c1-2-8-14-13(7-1)17-15(18-14)19-10-4-6-12-5-3-9-16-11-12;/h1-2,7-8,12,16H,3-6,9-11H2,(H,17,18);1H.